The molecule has 0 bridgehead atoms. The standard InChI is InChI=1S/C14H27FN2/c1-12(2)13-10-16-14(6-3-4-7-14)11-17(13)9-5-8-15/h12-13,16H,3-11H2,1-2H3. The Hall–Kier alpha value is -0.150. The fourth-order valence-corrected chi connectivity index (χ4v) is 3.56. The Morgan fingerprint density at radius 2 is 2.06 bits per heavy atom. The average Bonchev–Trinajstić information content (AvgIpc) is 2.74. The van der Waals surface area contributed by atoms with Crippen LogP contribution in [0.5, 0.6) is 0 Å². The van der Waals surface area contributed by atoms with Gasteiger partial charge in [0.05, 0.1) is 6.67 Å². The smallest absolute Gasteiger partial charge is 0.0906 e. The minimum Gasteiger partial charge on any atom is -0.308 e. The lowest BCUT2D eigenvalue weighted by Crippen LogP contribution is -2.64. The van der Waals surface area contributed by atoms with E-state index in [2.05, 4.69) is 24.1 Å². The van der Waals surface area contributed by atoms with Crippen molar-refractivity contribution in [2.75, 3.05) is 26.3 Å². The number of nitrogens with zero attached hydrogens (tertiary/aromatic N) is 1. The van der Waals surface area contributed by atoms with Crippen molar-refractivity contribution >= 4 is 0 Å². The van der Waals surface area contributed by atoms with Crippen LogP contribution in [-0.4, -0.2) is 42.8 Å². The van der Waals surface area contributed by atoms with E-state index in [1.54, 1.807) is 0 Å². The van der Waals surface area contributed by atoms with Crippen LogP contribution >= 0.6 is 0 Å². The topological polar surface area (TPSA) is 15.3 Å². The first kappa shape index (κ1) is 13.3. The van der Waals surface area contributed by atoms with E-state index in [9.17, 15) is 4.39 Å². The Balaban J connectivity index is 1.98. The fraction of sp³-hybridized carbons (Fsp3) is 1.00. The molecule has 0 aromatic rings. The van der Waals surface area contributed by atoms with E-state index < -0.39 is 0 Å². The van der Waals surface area contributed by atoms with E-state index in [1.807, 2.05) is 0 Å². The molecule has 1 unspecified atom stereocenters. The van der Waals surface area contributed by atoms with E-state index >= 15 is 0 Å². The molecule has 100 valence electrons. The van der Waals surface area contributed by atoms with Gasteiger partial charge in [-0.25, -0.2) is 0 Å². The Morgan fingerprint density at radius 3 is 2.65 bits per heavy atom. The quantitative estimate of drug-likeness (QED) is 0.815. The molecule has 0 radical (unpaired) electrons. The summed E-state index contributed by atoms with van der Waals surface area (Å²) < 4.78 is 12.4. The van der Waals surface area contributed by atoms with Crippen LogP contribution in [0.2, 0.25) is 0 Å². The normalized spacial score (nSPS) is 29.3. The van der Waals surface area contributed by atoms with Gasteiger partial charge in [0.1, 0.15) is 0 Å². The number of hydrogen-bond acceptors (Lipinski definition) is 2. The van der Waals surface area contributed by atoms with Crippen LogP contribution in [0, 0.1) is 5.92 Å². The van der Waals surface area contributed by atoms with E-state index in [0.29, 0.717) is 23.9 Å². The minimum absolute atomic E-state index is 0.179. The molecule has 1 saturated heterocycles. The van der Waals surface area contributed by atoms with Gasteiger partial charge in [-0.3, -0.25) is 9.29 Å². The first-order valence-corrected chi connectivity index (χ1v) is 7.22. The number of halogens is 1. The van der Waals surface area contributed by atoms with Gasteiger partial charge in [0.15, 0.2) is 0 Å². The molecule has 2 nitrogen and oxygen atoms in total. The van der Waals surface area contributed by atoms with Crippen molar-refractivity contribution in [3.05, 3.63) is 0 Å². The Kier molecular flexibility index (Phi) is 4.42. The van der Waals surface area contributed by atoms with Gasteiger partial charge in [0, 0.05) is 31.2 Å². The Morgan fingerprint density at radius 1 is 1.35 bits per heavy atom. The van der Waals surface area contributed by atoms with Crippen LogP contribution < -0.4 is 5.32 Å². The number of rotatable bonds is 4. The van der Waals surface area contributed by atoms with Crippen LogP contribution in [0.3, 0.4) is 0 Å². The molecule has 17 heavy (non-hydrogen) atoms. The monoisotopic (exact) mass is 242 g/mol. The van der Waals surface area contributed by atoms with Crippen molar-refractivity contribution in [1.29, 1.82) is 0 Å². The Labute approximate surface area is 105 Å². The van der Waals surface area contributed by atoms with E-state index in [4.69, 9.17) is 0 Å². The maximum Gasteiger partial charge on any atom is 0.0906 e. The summed E-state index contributed by atoms with van der Waals surface area (Å²) in [7, 11) is 0. The molecule has 0 amide bonds. The third kappa shape index (κ3) is 3.00. The molecule has 1 N–H and O–H groups in total. The van der Waals surface area contributed by atoms with Crippen molar-refractivity contribution < 1.29 is 4.39 Å². The third-order valence-corrected chi connectivity index (χ3v) is 4.57. The second-order valence-electron chi connectivity index (χ2n) is 6.19. The minimum atomic E-state index is -0.179. The molecule has 1 heterocycles. The summed E-state index contributed by atoms with van der Waals surface area (Å²) in [4.78, 5) is 2.55. The molecule has 1 atom stereocenters. The lowest BCUT2D eigenvalue weighted by molar-refractivity contribution is 0.0547. The largest absolute Gasteiger partial charge is 0.308 e. The third-order valence-electron chi connectivity index (χ3n) is 4.57. The summed E-state index contributed by atoms with van der Waals surface area (Å²) in [6, 6.07) is 0.591. The maximum absolute atomic E-state index is 12.4. The molecule has 2 aliphatic rings. The molecular weight excluding hydrogens is 215 g/mol. The highest BCUT2D eigenvalue weighted by Crippen LogP contribution is 2.34. The van der Waals surface area contributed by atoms with Crippen LogP contribution in [-0.2, 0) is 0 Å². The zero-order valence-electron chi connectivity index (χ0n) is 11.3. The van der Waals surface area contributed by atoms with Crippen molar-refractivity contribution in [3.63, 3.8) is 0 Å². The summed E-state index contributed by atoms with van der Waals surface area (Å²) in [5.74, 6) is 0.654. The van der Waals surface area contributed by atoms with Crippen LogP contribution in [0.25, 0.3) is 0 Å². The van der Waals surface area contributed by atoms with E-state index in [-0.39, 0.29) is 6.67 Å². The van der Waals surface area contributed by atoms with E-state index in [0.717, 1.165) is 19.6 Å². The van der Waals surface area contributed by atoms with Crippen LogP contribution in [0.15, 0.2) is 0 Å². The predicted octanol–water partition coefficient (Wildman–Crippen LogP) is 2.59. The molecular formula is C14H27FN2. The molecule has 1 aliphatic heterocycles. The first-order chi connectivity index (χ1) is 8.17. The highest BCUT2D eigenvalue weighted by atomic mass is 19.1. The Bertz CT molecular complexity index is 236. The SMILES string of the molecule is CC(C)C1CNC2(CCCC2)CN1CCCF. The van der Waals surface area contributed by atoms with Crippen molar-refractivity contribution in [1.82, 2.24) is 10.2 Å². The van der Waals surface area contributed by atoms with Gasteiger partial charge in [0.2, 0.25) is 0 Å². The van der Waals surface area contributed by atoms with Crippen LogP contribution in [0.4, 0.5) is 4.39 Å². The van der Waals surface area contributed by atoms with Gasteiger partial charge in [-0.1, -0.05) is 26.7 Å². The zero-order valence-corrected chi connectivity index (χ0v) is 11.3. The maximum atomic E-state index is 12.4. The number of alkyl halides is 1. The molecule has 0 aromatic heterocycles. The van der Waals surface area contributed by atoms with Crippen molar-refractivity contribution in [2.24, 2.45) is 5.92 Å². The summed E-state index contributed by atoms with van der Waals surface area (Å²) in [5, 5.41) is 3.80. The fourth-order valence-electron chi connectivity index (χ4n) is 3.56. The molecule has 0 aromatic carbocycles. The predicted molar refractivity (Wildman–Crippen MR) is 70.0 cm³/mol. The molecule has 1 aliphatic carbocycles. The summed E-state index contributed by atoms with van der Waals surface area (Å²) >= 11 is 0. The van der Waals surface area contributed by atoms with Gasteiger partial charge in [-0.15, -0.1) is 0 Å². The molecule has 2 fully saturated rings. The summed E-state index contributed by atoms with van der Waals surface area (Å²) in [6.07, 6.45) is 6.03. The molecule has 1 saturated carbocycles. The lowest BCUT2D eigenvalue weighted by Gasteiger charge is -2.48. The zero-order chi connectivity index (χ0) is 12.3. The highest BCUT2D eigenvalue weighted by Gasteiger charge is 2.41. The van der Waals surface area contributed by atoms with Crippen molar-refractivity contribution in [3.8, 4) is 0 Å². The van der Waals surface area contributed by atoms with Gasteiger partial charge in [-0.05, 0) is 25.2 Å². The van der Waals surface area contributed by atoms with E-state index in [1.165, 1.54) is 25.7 Å². The summed E-state index contributed by atoms with van der Waals surface area (Å²) in [5.41, 5.74) is 0.363. The number of nitrogens with one attached hydrogen (secondary N) is 1. The second kappa shape index (κ2) is 5.66. The second-order valence-corrected chi connectivity index (χ2v) is 6.19. The molecule has 1 spiro atoms. The lowest BCUT2D eigenvalue weighted by atomic mass is 9.89. The molecule has 2 rings (SSSR count). The summed E-state index contributed by atoms with van der Waals surface area (Å²) in [6.45, 7) is 7.53. The number of hydrogen-bond donors (Lipinski definition) is 1. The van der Waals surface area contributed by atoms with Gasteiger partial charge < -0.3 is 5.32 Å². The van der Waals surface area contributed by atoms with Gasteiger partial charge in [0.25, 0.3) is 0 Å². The number of piperazine rings is 1. The first-order valence-electron chi connectivity index (χ1n) is 7.22. The highest BCUT2D eigenvalue weighted by molar-refractivity contribution is 5.01. The van der Waals surface area contributed by atoms with Gasteiger partial charge >= 0.3 is 0 Å². The van der Waals surface area contributed by atoms with Gasteiger partial charge in [-0.2, -0.15) is 0 Å². The molecule has 3 heteroatoms. The van der Waals surface area contributed by atoms with Crippen molar-refractivity contribution in [2.45, 2.75) is 57.5 Å². The van der Waals surface area contributed by atoms with Crippen LogP contribution in [0.1, 0.15) is 46.0 Å². The average molecular weight is 242 g/mol.